The monoisotopic (exact) mass is 281 g/mol. The van der Waals surface area contributed by atoms with Crippen LogP contribution in [0.4, 0.5) is 0 Å². The van der Waals surface area contributed by atoms with Gasteiger partial charge in [0, 0.05) is 31.6 Å². The third-order valence-corrected chi connectivity index (χ3v) is 6.21. The van der Waals surface area contributed by atoms with E-state index in [0.717, 1.165) is 18.2 Å². The molecule has 0 saturated carbocycles. The lowest BCUT2D eigenvalue weighted by Crippen LogP contribution is -2.46. The molecule has 0 heterocycles. The first-order valence-corrected chi connectivity index (χ1v) is 9.19. The zero-order valence-corrected chi connectivity index (χ0v) is 13.6. The van der Waals surface area contributed by atoms with Gasteiger partial charge in [-0.25, -0.2) is 0 Å². The van der Waals surface area contributed by atoms with Crippen molar-refractivity contribution in [1.29, 1.82) is 0 Å². The highest BCUT2D eigenvalue weighted by Gasteiger charge is 2.39. The summed E-state index contributed by atoms with van der Waals surface area (Å²) in [7, 11) is 1.72. The maximum atomic E-state index is 5.79. The van der Waals surface area contributed by atoms with E-state index >= 15 is 0 Å². The molecule has 0 N–H and O–H groups in total. The van der Waals surface area contributed by atoms with Crippen molar-refractivity contribution in [3.63, 3.8) is 0 Å². The van der Waals surface area contributed by atoms with Gasteiger partial charge in [-0.3, -0.25) is 4.31 Å². The Hall–Kier alpha value is 0.407. The maximum Gasteiger partial charge on any atom is 0.500 e. The molecule has 104 valence electrons. The Morgan fingerprint density at radius 1 is 0.941 bits per heavy atom. The van der Waals surface area contributed by atoms with Crippen LogP contribution in [0.3, 0.4) is 0 Å². The highest BCUT2D eigenvalue weighted by molar-refractivity contribution is 7.96. The van der Waals surface area contributed by atoms with Crippen molar-refractivity contribution in [2.24, 2.45) is 0 Å². The van der Waals surface area contributed by atoms with Crippen LogP contribution in [0.2, 0.25) is 6.04 Å². The Bertz CT molecular complexity index is 167. The number of hydrogen-bond donors (Lipinski definition) is 0. The molecule has 6 heteroatoms. The Morgan fingerprint density at radius 2 is 1.41 bits per heavy atom. The predicted molar refractivity (Wildman–Crippen MR) is 76.2 cm³/mol. The minimum atomic E-state index is -2.40. The van der Waals surface area contributed by atoms with Gasteiger partial charge in [-0.2, -0.15) is 0 Å². The van der Waals surface area contributed by atoms with Crippen LogP contribution in [0.5, 0.6) is 0 Å². The molecule has 4 nitrogen and oxygen atoms in total. The largest absolute Gasteiger partial charge is 0.500 e. The van der Waals surface area contributed by atoms with Crippen LogP contribution >= 0.6 is 11.9 Å². The van der Waals surface area contributed by atoms with Crippen LogP contribution in [0.25, 0.3) is 0 Å². The predicted octanol–water partition coefficient (Wildman–Crippen LogP) is 2.63. The van der Waals surface area contributed by atoms with Gasteiger partial charge in [-0.05, 0) is 41.3 Å². The SMILES string of the molecule is CCO[Si](CCCSN(C)C)(OCC)OCC. The van der Waals surface area contributed by atoms with Crippen molar-refractivity contribution in [1.82, 2.24) is 4.31 Å². The van der Waals surface area contributed by atoms with Crippen molar-refractivity contribution in [3.8, 4) is 0 Å². The fourth-order valence-electron chi connectivity index (χ4n) is 1.54. The van der Waals surface area contributed by atoms with Gasteiger partial charge in [0.2, 0.25) is 0 Å². The zero-order valence-electron chi connectivity index (χ0n) is 11.8. The molecule has 0 rings (SSSR count). The van der Waals surface area contributed by atoms with Crippen molar-refractivity contribution < 1.29 is 13.3 Å². The summed E-state index contributed by atoms with van der Waals surface area (Å²) < 4.78 is 19.5. The summed E-state index contributed by atoms with van der Waals surface area (Å²) in [6, 6.07) is 0.906. The summed E-state index contributed by atoms with van der Waals surface area (Å²) in [4.78, 5) is 0. The molecule has 0 radical (unpaired) electrons. The summed E-state index contributed by atoms with van der Waals surface area (Å²) in [6.45, 7) is 7.96. The molecule has 0 aliphatic rings. The molecule has 17 heavy (non-hydrogen) atoms. The Morgan fingerprint density at radius 3 is 1.76 bits per heavy atom. The highest BCUT2D eigenvalue weighted by atomic mass is 32.2. The first-order valence-electron chi connectivity index (χ1n) is 6.32. The second-order valence-electron chi connectivity index (χ2n) is 3.73. The van der Waals surface area contributed by atoms with E-state index in [1.165, 1.54) is 0 Å². The lowest BCUT2D eigenvalue weighted by atomic mass is 10.6. The van der Waals surface area contributed by atoms with E-state index in [9.17, 15) is 0 Å². The smallest absolute Gasteiger partial charge is 0.374 e. The molecule has 0 atom stereocenters. The third kappa shape index (κ3) is 8.18. The minimum absolute atomic E-state index is 0.660. The summed E-state index contributed by atoms with van der Waals surface area (Å²) in [5.41, 5.74) is 0. The molecule has 0 fully saturated rings. The van der Waals surface area contributed by atoms with E-state index in [-0.39, 0.29) is 0 Å². The van der Waals surface area contributed by atoms with Crippen LogP contribution in [-0.2, 0) is 13.3 Å². The highest BCUT2D eigenvalue weighted by Crippen LogP contribution is 2.20. The van der Waals surface area contributed by atoms with Crippen LogP contribution in [-0.4, -0.2) is 52.8 Å². The molecule has 0 spiro atoms. The molecule has 0 aliphatic carbocycles. The summed E-state index contributed by atoms with van der Waals surface area (Å²) in [5, 5.41) is 0. The minimum Gasteiger partial charge on any atom is -0.374 e. The van der Waals surface area contributed by atoms with E-state index in [1.807, 2.05) is 32.7 Å². The second kappa shape index (κ2) is 10.3. The van der Waals surface area contributed by atoms with Gasteiger partial charge >= 0.3 is 8.80 Å². The fraction of sp³-hybridized carbons (Fsp3) is 1.00. The summed E-state index contributed by atoms with van der Waals surface area (Å²) >= 11 is 1.82. The average molecular weight is 281 g/mol. The number of nitrogens with zero attached hydrogens (tertiary/aromatic N) is 1. The van der Waals surface area contributed by atoms with Gasteiger partial charge < -0.3 is 13.3 Å². The molecule has 0 unspecified atom stereocenters. The van der Waals surface area contributed by atoms with E-state index in [2.05, 4.69) is 18.4 Å². The Balaban J connectivity index is 4.14. The lowest BCUT2D eigenvalue weighted by molar-refractivity contribution is 0.0712. The second-order valence-corrected chi connectivity index (χ2v) is 7.86. The number of hydrogen-bond acceptors (Lipinski definition) is 5. The van der Waals surface area contributed by atoms with Crippen LogP contribution < -0.4 is 0 Å². The molecule has 0 aromatic rings. The Labute approximate surface area is 111 Å². The maximum absolute atomic E-state index is 5.79. The van der Waals surface area contributed by atoms with Crippen LogP contribution in [0.1, 0.15) is 27.2 Å². The fourth-order valence-corrected chi connectivity index (χ4v) is 5.04. The van der Waals surface area contributed by atoms with E-state index in [1.54, 1.807) is 0 Å². The van der Waals surface area contributed by atoms with E-state index < -0.39 is 8.80 Å². The molecule has 0 aromatic heterocycles. The van der Waals surface area contributed by atoms with Gasteiger partial charge in [0.25, 0.3) is 0 Å². The van der Waals surface area contributed by atoms with Crippen molar-refractivity contribution >= 4 is 20.8 Å². The quantitative estimate of drug-likeness (QED) is 0.330. The molecule has 0 aliphatic heterocycles. The molecule has 0 bridgehead atoms. The first-order chi connectivity index (χ1) is 8.10. The van der Waals surface area contributed by atoms with E-state index in [4.69, 9.17) is 13.3 Å². The van der Waals surface area contributed by atoms with Gasteiger partial charge in [-0.15, -0.1) is 0 Å². The molecule has 0 aromatic carbocycles. The lowest BCUT2D eigenvalue weighted by Gasteiger charge is -2.28. The van der Waals surface area contributed by atoms with Gasteiger partial charge in [0.1, 0.15) is 0 Å². The molecule has 0 saturated heterocycles. The molecule has 0 amide bonds. The van der Waals surface area contributed by atoms with Crippen molar-refractivity contribution in [2.45, 2.75) is 33.2 Å². The summed E-state index contributed by atoms with van der Waals surface area (Å²) in [5.74, 6) is 1.08. The standard InChI is InChI=1S/C11H27NO3SSi/c1-6-13-17(14-7-2,15-8-3)11-9-10-16-12(4)5/h6-11H2,1-5H3. The molecular formula is C11H27NO3SSi. The van der Waals surface area contributed by atoms with Crippen molar-refractivity contribution in [3.05, 3.63) is 0 Å². The summed E-state index contributed by atoms with van der Waals surface area (Å²) in [6.07, 6.45) is 1.06. The average Bonchev–Trinajstić information content (AvgIpc) is 2.25. The molecular weight excluding hydrogens is 254 g/mol. The zero-order chi connectivity index (χ0) is 13.1. The Kier molecular flexibility index (Phi) is 10.6. The first kappa shape index (κ1) is 17.4. The number of rotatable bonds is 11. The van der Waals surface area contributed by atoms with E-state index in [0.29, 0.717) is 19.8 Å². The van der Waals surface area contributed by atoms with Gasteiger partial charge in [0.15, 0.2) is 0 Å². The van der Waals surface area contributed by atoms with Crippen LogP contribution in [0.15, 0.2) is 0 Å². The van der Waals surface area contributed by atoms with Crippen molar-refractivity contribution in [2.75, 3.05) is 39.7 Å². The van der Waals surface area contributed by atoms with Crippen LogP contribution in [0, 0.1) is 0 Å². The normalized spacial score (nSPS) is 12.4. The topological polar surface area (TPSA) is 30.9 Å². The van der Waals surface area contributed by atoms with Gasteiger partial charge in [0.05, 0.1) is 0 Å². The van der Waals surface area contributed by atoms with Gasteiger partial charge in [-0.1, -0.05) is 11.9 Å². The third-order valence-electron chi connectivity index (χ3n) is 2.07.